The predicted molar refractivity (Wildman–Crippen MR) is 98.3 cm³/mol. The molecule has 2 aromatic heterocycles. The van der Waals surface area contributed by atoms with Gasteiger partial charge in [0.2, 0.25) is 0 Å². The number of hydrogen-bond acceptors (Lipinski definition) is 3. The van der Waals surface area contributed by atoms with Gasteiger partial charge in [0.15, 0.2) is 0 Å². The van der Waals surface area contributed by atoms with Crippen LogP contribution < -0.4 is 4.74 Å². The van der Waals surface area contributed by atoms with Gasteiger partial charge in [-0.3, -0.25) is 0 Å². The number of aromatic nitrogens is 2. The van der Waals surface area contributed by atoms with E-state index in [9.17, 15) is 0 Å². The first kappa shape index (κ1) is 16.3. The summed E-state index contributed by atoms with van der Waals surface area (Å²) >= 11 is 0. The second-order valence-corrected chi connectivity index (χ2v) is 6.34. The maximum absolute atomic E-state index is 5.68. The monoisotopic (exact) mass is 321 g/mol. The number of ether oxygens (including phenoxy) is 1. The van der Waals surface area contributed by atoms with E-state index in [1.165, 1.54) is 5.69 Å². The van der Waals surface area contributed by atoms with Crippen molar-refractivity contribution < 1.29 is 4.74 Å². The molecule has 0 aliphatic carbocycles. The summed E-state index contributed by atoms with van der Waals surface area (Å²) in [4.78, 5) is 6.98. The first-order valence-electron chi connectivity index (χ1n) is 8.03. The zero-order chi connectivity index (χ0) is 17.1. The fourth-order valence-corrected chi connectivity index (χ4v) is 2.64. The number of pyridine rings is 1. The smallest absolute Gasteiger partial charge is 0.137 e. The van der Waals surface area contributed by atoms with Crippen LogP contribution in [0.4, 0.5) is 0 Å². The second kappa shape index (κ2) is 6.89. The topological polar surface area (TPSA) is 29.8 Å². The standard InChI is InChI=1S/C20H23N3O/c1-15(2)14-24-17-10-8-16(9-11-17)20-18(13-22(3)4)23-12-6-5-7-19(23)21-20/h5-12H,1,13-14H2,2-4H3. The van der Waals surface area contributed by atoms with Crippen LogP contribution in [0.5, 0.6) is 5.75 Å². The molecule has 3 aromatic rings. The van der Waals surface area contributed by atoms with Crippen LogP contribution in [0.1, 0.15) is 12.6 Å². The zero-order valence-corrected chi connectivity index (χ0v) is 14.5. The lowest BCUT2D eigenvalue weighted by Gasteiger charge is -2.12. The zero-order valence-electron chi connectivity index (χ0n) is 14.5. The van der Waals surface area contributed by atoms with Gasteiger partial charge >= 0.3 is 0 Å². The highest BCUT2D eigenvalue weighted by Crippen LogP contribution is 2.27. The minimum atomic E-state index is 0.541. The van der Waals surface area contributed by atoms with Crippen LogP contribution in [0.3, 0.4) is 0 Å². The van der Waals surface area contributed by atoms with Crippen LogP contribution in [-0.4, -0.2) is 35.0 Å². The van der Waals surface area contributed by atoms with Crippen LogP contribution in [0, 0.1) is 0 Å². The molecule has 0 saturated heterocycles. The Hall–Kier alpha value is -2.59. The van der Waals surface area contributed by atoms with Gasteiger partial charge in [0.25, 0.3) is 0 Å². The predicted octanol–water partition coefficient (Wildman–Crippen LogP) is 4.02. The molecule has 0 N–H and O–H groups in total. The largest absolute Gasteiger partial charge is 0.489 e. The Morgan fingerprint density at radius 3 is 2.58 bits per heavy atom. The van der Waals surface area contributed by atoms with Crippen molar-refractivity contribution in [2.24, 2.45) is 0 Å². The average molecular weight is 321 g/mol. The van der Waals surface area contributed by atoms with Gasteiger partial charge in [0, 0.05) is 18.3 Å². The normalized spacial score (nSPS) is 11.2. The third-order valence-electron chi connectivity index (χ3n) is 3.71. The van der Waals surface area contributed by atoms with E-state index in [2.05, 4.69) is 48.3 Å². The molecule has 0 fully saturated rings. The van der Waals surface area contributed by atoms with Crippen molar-refractivity contribution in [3.8, 4) is 17.0 Å². The summed E-state index contributed by atoms with van der Waals surface area (Å²) in [6, 6.07) is 14.2. The van der Waals surface area contributed by atoms with E-state index in [1.807, 2.05) is 37.3 Å². The van der Waals surface area contributed by atoms with Crippen molar-refractivity contribution in [3.63, 3.8) is 0 Å². The number of nitrogens with zero attached hydrogens (tertiary/aromatic N) is 3. The molecule has 0 atom stereocenters. The number of benzene rings is 1. The van der Waals surface area contributed by atoms with Crippen LogP contribution in [-0.2, 0) is 6.54 Å². The molecule has 2 heterocycles. The lowest BCUT2D eigenvalue weighted by Crippen LogP contribution is -2.13. The van der Waals surface area contributed by atoms with Gasteiger partial charge in [-0.25, -0.2) is 4.98 Å². The maximum atomic E-state index is 5.68. The number of rotatable bonds is 6. The van der Waals surface area contributed by atoms with E-state index in [0.29, 0.717) is 6.61 Å². The SMILES string of the molecule is C=C(C)COc1ccc(-c2nc3ccccn3c2CN(C)C)cc1. The molecule has 1 aromatic carbocycles. The Labute approximate surface area is 143 Å². The third-order valence-corrected chi connectivity index (χ3v) is 3.71. The van der Waals surface area contributed by atoms with Crippen molar-refractivity contribution in [1.29, 1.82) is 0 Å². The van der Waals surface area contributed by atoms with Gasteiger partial charge in [0.05, 0.1) is 11.4 Å². The average Bonchev–Trinajstić information content (AvgIpc) is 2.91. The minimum absolute atomic E-state index is 0.541. The minimum Gasteiger partial charge on any atom is -0.489 e. The van der Waals surface area contributed by atoms with Gasteiger partial charge in [0.1, 0.15) is 18.0 Å². The molecular weight excluding hydrogens is 298 g/mol. The Kier molecular flexibility index (Phi) is 4.67. The van der Waals surface area contributed by atoms with Gasteiger partial charge in [-0.15, -0.1) is 0 Å². The first-order valence-corrected chi connectivity index (χ1v) is 8.03. The van der Waals surface area contributed by atoms with Crippen molar-refractivity contribution in [3.05, 3.63) is 66.5 Å². The van der Waals surface area contributed by atoms with Crippen molar-refractivity contribution in [2.75, 3.05) is 20.7 Å². The summed E-state index contributed by atoms with van der Waals surface area (Å²) in [6.45, 7) is 7.18. The summed E-state index contributed by atoms with van der Waals surface area (Å²) in [5, 5.41) is 0. The molecule has 0 spiro atoms. The molecule has 24 heavy (non-hydrogen) atoms. The molecule has 0 aliphatic heterocycles. The lowest BCUT2D eigenvalue weighted by molar-refractivity contribution is 0.353. The maximum Gasteiger partial charge on any atom is 0.137 e. The number of fused-ring (bicyclic) bond motifs is 1. The molecule has 124 valence electrons. The number of imidazole rings is 1. The molecule has 4 heteroatoms. The van der Waals surface area contributed by atoms with Gasteiger partial charge in [-0.2, -0.15) is 0 Å². The molecule has 0 saturated carbocycles. The second-order valence-electron chi connectivity index (χ2n) is 6.34. The van der Waals surface area contributed by atoms with Crippen LogP contribution in [0.15, 0.2) is 60.8 Å². The van der Waals surface area contributed by atoms with Crippen molar-refractivity contribution in [2.45, 2.75) is 13.5 Å². The molecule has 0 radical (unpaired) electrons. The highest BCUT2D eigenvalue weighted by molar-refractivity contribution is 5.67. The Balaban J connectivity index is 1.97. The molecule has 0 unspecified atom stereocenters. The summed E-state index contributed by atoms with van der Waals surface area (Å²) in [5.74, 6) is 0.847. The van der Waals surface area contributed by atoms with Gasteiger partial charge in [-0.05, 0) is 63.0 Å². The molecule has 0 amide bonds. The summed E-state index contributed by atoms with van der Waals surface area (Å²) < 4.78 is 7.83. The molecule has 3 rings (SSSR count). The van der Waals surface area contributed by atoms with Gasteiger partial charge < -0.3 is 14.0 Å². The fraction of sp³-hybridized carbons (Fsp3) is 0.250. The molecule has 4 nitrogen and oxygen atoms in total. The summed E-state index contributed by atoms with van der Waals surface area (Å²) in [5.41, 5.74) is 5.27. The van der Waals surface area contributed by atoms with Crippen LogP contribution >= 0.6 is 0 Å². The Morgan fingerprint density at radius 1 is 1.17 bits per heavy atom. The highest BCUT2D eigenvalue weighted by Gasteiger charge is 2.14. The third kappa shape index (κ3) is 3.49. The van der Waals surface area contributed by atoms with Crippen LogP contribution in [0.2, 0.25) is 0 Å². The van der Waals surface area contributed by atoms with E-state index in [0.717, 1.165) is 34.8 Å². The van der Waals surface area contributed by atoms with E-state index in [-0.39, 0.29) is 0 Å². The summed E-state index contributed by atoms with van der Waals surface area (Å²) in [6.07, 6.45) is 2.06. The molecule has 0 bridgehead atoms. The van der Waals surface area contributed by atoms with Crippen molar-refractivity contribution in [1.82, 2.24) is 14.3 Å². The lowest BCUT2D eigenvalue weighted by atomic mass is 10.1. The van der Waals surface area contributed by atoms with Crippen LogP contribution in [0.25, 0.3) is 16.9 Å². The van der Waals surface area contributed by atoms with Crippen molar-refractivity contribution >= 4 is 5.65 Å². The van der Waals surface area contributed by atoms with Gasteiger partial charge in [-0.1, -0.05) is 12.6 Å². The Bertz CT molecular complexity index is 847. The van der Waals surface area contributed by atoms with E-state index >= 15 is 0 Å². The quantitative estimate of drug-likeness (QED) is 0.642. The first-order chi connectivity index (χ1) is 11.5. The molecular formula is C20H23N3O. The van der Waals surface area contributed by atoms with E-state index in [1.54, 1.807) is 0 Å². The van der Waals surface area contributed by atoms with E-state index < -0.39 is 0 Å². The number of hydrogen-bond donors (Lipinski definition) is 0. The highest BCUT2D eigenvalue weighted by atomic mass is 16.5. The Morgan fingerprint density at radius 2 is 1.92 bits per heavy atom. The van der Waals surface area contributed by atoms with E-state index in [4.69, 9.17) is 9.72 Å². The fourth-order valence-electron chi connectivity index (χ4n) is 2.64. The molecule has 0 aliphatic rings. The summed E-state index contributed by atoms with van der Waals surface area (Å²) in [7, 11) is 4.14.